The average molecular weight is 213 g/mol. The van der Waals surface area contributed by atoms with Crippen LogP contribution in [0.3, 0.4) is 0 Å². The highest BCUT2D eigenvalue weighted by Crippen LogP contribution is 2.16. The van der Waals surface area contributed by atoms with E-state index in [0.29, 0.717) is 0 Å². The zero-order valence-electron chi connectivity index (χ0n) is 9.08. The van der Waals surface area contributed by atoms with Crippen molar-refractivity contribution in [3.05, 3.63) is 60.9 Å². The van der Waals surface area contributed by atoms with Crippen LogP contribution in [0.2, 0.25) is 0 Å². The molecule has 3 heteroatoms. The Morgan fingerprint density at radius 3 is 2.69 bits per heavy atom. The summed E-state index contributed by atoms with van der Waals surface area (Å²) in [6, 6.07) is 10.0. The van der Waals surface area contributed by atoms with E-state index in [2.05, 4.69) is 11.7 Å². The van der Waals surface area contributed by atoms with E-state index in [0.717, 1.165) is 17.7 Å². The predicted octanol–water partition coefficient (Wildman–Crippen LogP) is 2.45. The number of hydrogen-bond donors (Lipinski definition) is 1. The zero-order chi connectivity index (χ0) is 11.4. The first-order valence-electron chi connectivity index (χ1n) is 5.27. The molecule has 1 atom stereocenters. The van der Waals surface area contributed by atoms with Gasteiger partial charge in [0.05, 0.1) is 5.69 Å². The lowest BCUT2D eigenvalue weighted by atomic mass is 10.0. The molecular formula is C13H15N3. The summed E-state index contributed by atoms with van der Waals surface area (Å²) in [6.07, 6.45) is 6.31. The fourth-order valence-corrected chi connectivity index (χ4v) is 1.61. The number of nitrogens with zero attached hydrogens (tertiary/aromatic N) is 2. The van der Waals surface area contributed by atoms with Gasteiger partial charge >= 0.3 is 0 Å². The van der Waals surface area contributed by atoms with Gasteiger partial charge < -0.3 is 5.73 Å². The van der Waals surface area contributed by atoms with Gasteiger partial charge in [-0.25, -0.2) is 4.68 Å². The lowest BCUT2D eigenvalue weighted by molar-refractivity contribution is 0.740. The maximum absolute atomic E-state index is 5.98. The minimum Gasteiger partial charge on any atom is -0.324 e. The first-order chi connectivity index (χ1) is 7.81. The van der Waals surface area contributed by atoms with E-state index in [1.165, 1.54) is 0 Å². The molecule has 1 heterocycles. The average Bonchev–Trinajstić information content (AvgIpc) is 2.83. The summed E-state index contributed by atoms with van der Waals surface area (Å²) in [7, 11) is 0. The molecule has 0 bridgehead atoms. The summed E-state index contributed by atoms with van der Waals surface area (Å²) in [5.41, 5.74) is 8.14. The summed E-state index contributed by atoms with van der Waals surface area (Å²) in [6.45, 7) is 3.69. The molecule has 0 aliphatic carbocycles. The molecule has 0 spiro atoms. The number of rotatable bonds is 4. The van der Waals surface area contributed by atoms with E-state index in [1.807, 2.05) is 47.3 Å². The SMILES string of the molecule is C=CCC(N)c1ccc(-n2cccn2)cc1. The molecule has 82 valence electrons. The van der Waals surface area contributed by atoms with Gasteiger partial charge in [-0.3, -0.25) is 0 Å². The van der Waals surface area contributed by atoms with E-state index in [4.69, 9.17) is 5.73 Å². The molecule has 0 saturated carbocycles. The third-order valence-corrected chi connectivity index (χ3v) is 2.51. The Kier molecular flexibility index (Phi) is 3.17. The van der Waals surface area contributed by atoms with Crippen LogP contribution in [0.5, 0.6) is 0 Å². The molecule has 0 radical (unpaired) electrons. The minimum absolute atomic E-state index is 0.0316. The normalized spacial score (nSPS) is 12.3. The second-order valence-electron chi connectivity index (χ2n) is 3.67. The van der Waals surface area contributed by atoms with Crippen LogP contribution < -0.4 is 5.73 Å². The van der Waals surface area contributed by atoms with Gasteiger partial charge in [-0.05, 0) is 30.2 Å². The second kappa shape index (κ2) is 4.77. The summed E-state index contributed by atoms with van der Waals surface area (Å²) in [4.78, 5) is 0. The third kappa shape index (κ3) is 2.20. The molecule has 16 heavy (non-hydrogen) atoms. The Balaban J connectivity index is 2.19. The van der Waals surface area contributed by atoms with Crippen molar-refractivity contribution >= 4 is 0 Å². The molecule has 0 saturated heterocycles. The van der Waals surface area contributed by atoms with Crippen LogP contribution in [0.4, 0.5) is 0 Å². The molecule has 3 nitrogen and oxygen atoms in total. The Labute approximate surface area is 95.2 Å². The molecule has 1 unspecified atom stereocenters. The largest absolute Gasteiger partial charge is 0.324 e. The van der Waals surface area contributed by atoms with E-state index < -0.39 is 0 Å². The van der Waals surface area contributed by atoms with Gasteiger partial charge in [-0.1, -0.05) is 18.2 Å². The lowest BCUT2D eigenvalue weighted by Gasteiger charge is -2.10. The van der Waals surface area contributed by atoms with Crippen molar-refractivity contribution in [2.24, 2.45) is 5.73 Å². The van der Waals surface area contributed by atoms with Gasteiger partial charge in [0.15, 0.2) is 0 Å². The van der Waals surface area contributed by atoms with Crippen LogP contribution in [0.15, 0.2) is 55.4 Å². The van der Waals surface area contributed by atoms with Crippen molar-refractivity contribution in [3.8, 4) is 5.69 Å². The molecule has 2 aromatic rings. The van der Waals surface area contributed by atoms with Crippen LogP contribution in [0.1, 0.15) is 18.0 Å². The minimum atomic E-state index is 0.0316. The van der Waals surface area contributed by atoms with Crippen LogP contribution in [0.25, 0.3) is 5.69 Å². The molecule has 2 rings (SSSR count). The summed E-state index contributed by atoms with van der Waals surface area (Å²) < 4.78 is 1.82. The number of hydrogen-bond acceptors (Lipinski definition) is 2. The van der Waals surface area contributed by atoms with Crippen molar-refractivity contribution in [2.45, 2.75) is 12.5 Å². The maximum Gasteiger partial charge on any atom is 0.0645 e. The molecule has 0 aliphatic rings. The first-order valence-corrected chi connectivity index (χ1v) is 5.27. The van der Waals surface area contributed by atoms with Crippen LogP contribution in [0, 0.1) is 0 Å². The highest BCUT2D eigenvalue weighted by atomic mass is 15.3. The van der Waals surface area contributed by atoms with Crippen molar-refractivity contribution in [3.63, 3.8) is 0 Å². The van der Waals surface area contributed by atoms with E-state index in [-0.39, 0.29) is 6.04 Å². The monoisotopic (exact) mass is 213 g/mol. The Morgan fingerprint density at radius 2 is 2.12 bits per heavy atom. The Bertz CT molecular complexity index is 443. The smallest absolute Gasteiger partial charge is 0.0645 e. The highest BCUT2D eigenvalue weighted by Gasteiger charge is 2.03. The van der Waals surface area contributed by atoms with Gasteiger partial charge in [0.2, 0.25) is 0 Å². The van der Waals surface area contributed by atoms with Gasteiger partial charge in [0.25, 0.3) is 0 Å². The topological polar surface area (TPSA) is 43.8 Å². The molecular weight excluding hydrogens is 198 g/mol. The van der Waals surface area contributed by atoms with Crippen molar-refractivity contribution in [1.29, 1.82) is 0 Å². The predicted molar refractivity (Wildman–Crippen MR) is 65.3 cm³/mol. The number of aromatic nitrogens is 2. The molecule has 0 fully saturated rings. The third-order valence-electron chi connectivity index (χ3n) is 2.51. The lowest BCUT2D eigenvalue weighted by Crippen LogP contribution is -2.09. The van der Waals surface area contributed by atoms with Gasteiger partial charge in [-0.15, -0.1) is 6.58 Å². The Morgan fingerprint density at radius 1 is 1.38 bits per heavy atom. The van der Waals surface area contributed by atoms with Crippen LogP contribution in [-0.2, 0) is 0 Å². The summed E-state index contributed by atoms with van der Waals surface area (Å²) in [5, 5.41) is 4.17. The number of nitrogens with two attached hydrogens (primary N) is 1. The van der Waals surface area contributed by atoms with Crippen molar-refractivity contribution < 1.29 is 0 Å². The van der Waals surface area contributed by atoms with E-state index >= 15 is 0 Å². The van der Waals surface area contributed by atoms with Gasteiger partial charge in [0.1, 0.15) is 0 Å². The van der Waals surface area contributed by atoms with Crippen molar-refractivity contribution in [1.82, 2.24) is 9.78 Å². The summed E-state index contributed by atoms with van der Waals surface area (Å²) >= 11 is 0. The quantitative estimate of drug-likeness (QED) is 0.793. The summed E-state index contributed by atoms with van der Waals surface area (Å²) in [5.74, 6) is 0. The van der Waals surface area contributed by atoms with E-state index in [9.17, 15) is 0 Å². The standard InChI is InChI=1S/C13H15N3/c1-2-4-13(14)11-5-7-12(8-6-11)16-10-3-9-15-16/h2-3,5-10,13H,1,4,14H2. The molecule has 2 N–H and O–H groups in total. The molecule has 0 aliphatic heterocycles. The number of benzene rings is 1. The molecule has 0 amide bonds. The fourth-order valence-electron chi connectivity index (χ4n) is 1.61. The van der Waals surface area contributed by atoms with Crippen molar-refractivity contribution in [2.75, 3.05) is 0 Å². The van der Waals surface area contributed by atoms with Crippen LogP contribution >= 0.6 is 0 Å². The van der Waals surface area contributed by atoms with Gasteiger partial charge in [-0.2, -0.15) is 5.10 Å². The molecule has 1 aromatic carbocycles. The van der Waals surface area contributed by atoms with E-state index in [1.54, 1.807) is 6.20 Å². The highest BCUT2D eigenvalue weighted by molar-refractivity contribution is 5.34. The maximum atomic E-state index is 5.98. The molecule has 1 aromatic heterocycles. The fraction of sp³-hybridized carbons (Fsp3) is 0.154. The zero-order valence-corrected chi connectivity index (χ0v) is 9.08. The van der Waals surface area contributed by atoms with Gasteiger partial charge in [0, 0.05) is 18.4 Å². The Hall–Kier alpha value is -1.87. The second-order valence-corrected chi connectivity index (χ2v) is 3.67. The van der Waals surface area contributed by atoms with Crippen LogP contribution in [-0.4, -0.2) is 9.78 Å². The first kappa shape index (κ1) is 10.6.